The van der Waals surface area contributed by atoms with E-state index in [1.54, 1.807) is 57.4 Å². The minimum atomic E-state index is -3.66. The van der Waals surface area contributed by atoms with Gasteiger partial charge in [-0.05, 0) is 75.2 Å². The van der Waals surface area contributed by atoms with E-state index < -0.39 is 22.0 Å². The number of carbonyl (C=O) groups excluding carboxylic acids is 1. The molecule has 0 spiro atoms. The molecule has 0 fully saturated rings. The van der Waals surface area contributed by atoms with Crippen LogP contribution in [-0.4, -0.2) is 46.4 Å². The van der Waals surface area contributed by atoms with Crippen LogP contribution in [0.4, 0.5) is 5.69 Å². The van der Waals surface area contributed by atoms with E-state index in [1.165, 1.54) is 0 Å². The highest BCUT2D eigenvalue weighted by atomic mass is 32.2. The van der Waals surface area contributed by atoms with Crippen LogP contribution in [0, 0.1) is 13.8 Å². The summed E-state index contributed by atoms with van der Waals surface area (Å²) in [7, 11) is -2.07. The lowest BCUT2D eigenvalue weighted by molar-refractivity contribution is -0.122. The molecule has 0 aliphatic rings. The van der Waals surface area contributed by atoms with Gasteiger partial charge in [-0.2, -0.15) is 0 Å². The molecule has 0 aliphatic heterocycles. The average Bonchev–Trinajstić information content (AvgIpc) is 2.65. The third-order valence-corrected chi connectivity index (χ3v) is 5.74. The molecule has 2 aromatic rings. The van der Waals surface area contributed by atoms with E-state index in [9.17, 15) is 13.2 Å². The van der Waals surface area contributed by atoms with Gasteiger partial charge >= 0.3 is 0 Å². The number of anilines is 1. The fourth-order valence-corrected chi connectivity index (χ4v) is 4.34. The van der Waals surface area contributed by atoms with Crippen molar-refractivity contribution in [2.45, 2.75) is 39.8 Å². The van der Waals surface area contributed by atoms with E-state index in [4.69, 9.17) is 9.47 Å². The first kappa shape index (κ1) is 23.5. The Hall–Kier alpha value is -2.74. The van der Waals surface area contributed by atoms with Crippen LogP contribution in [0.25, 0.3) is 0 Å². The van der Waals surface area contributed by atoms with Gasteiger partial charge in [0.2, 0.25) is 15.9 Å². The minimum absolute atomic E-state index is 0.243. The fraction of sp³-hybridized carbons (Fsp3) is 0.409. The molecule has 0 unspecified atom stereocenters. The smallest absolute Gasteiger partial charge is 0.243 e. The van der Waals surface area contributed by atoms with Gasteiger partial charge in [-0.15, -0.1) is 0 Å². The molecule has 2 aromatic carbocycles. The number of nitrogens with zero attached hydrogens (tertiary/aromatic N) is 1. The Balaban J connectivity index is 2.06. The zero-order valence-corrected chi connectivity index (χ0v) is 19.1. The Morgan fingerprint density at radius 1 is 1.03 bits per heavy atom. The monoisotopic (exact) mass is 434 g/mol. The Labute approximate surface area is 179 Å². The van der Waals surface area contributed by atoms with Crippen molar-refractivity contribution >= 4 is 21.6 Å². The highest BCUT2D eigenvalue weighted by Gasteiger charge is 2.30. The SMILES string of the molecule is COc1ccc(OC[C@@H](C)NC(=O)[C@H](C)N(c2cc(C)cc(C)c2)S(C)(=O)=O)cc1. The van der Waals surface area contributed by atoms with Gasteiger partial charge in [0.1, 0.15) is 24.1 Å². The molecular weight excluding hydrogens is 404 g/mol. The van der Waals surface area contributed by atoms with Crippen LogP contribution >= 0.6 is 0 Å². The number of benzene rings is 2. The van der Waals surface area contributed by atoms with Crippen molar-refractivity contribution < 1.29 is 22.7 Å². The van der Waals surface area contributed by atoms with Gasteiger partial charge in [0, 0.05) is 0 Å². The van der Waals surface area contributed by atoms with E-state index in [1.807, 2.05) is 19.9 Å². The number of methoxy groups -OCH3 is 1. The molecule has 0 radical (unpaired) electrons. The van der Waals surface area contributed by atoms with Gasteiger partial charge in [-0.1, -0.05) is 6.07 Å². The molecule has 8 heteroatoms. The number of ether oxygens (including phenoxy) is 2. The van der Waals surface area contributed by atoms with E-state index in [0.717, 1.165) is 27.4 Å². The summed E-state index contributed by atoms with van der Waals surface area (Å²) in [5.41, 5.74) is 2.32. The molecule has 0 aromatic heterocycles. The molecule has 30 heavy (non-hydrogen) atoms. The van der Waals surface area contributed by atoms with Gasteiger partial charge in [0.15, 0.2) is 0 Å². The predicted molar refractivity (Wildman–Crippen MR) is 119 cm³/mol. The third kappa shape index (κ3) is 6.38. The normalized spacial score (nSPS) is 13.3. The summed E-state index contributed by atoms with van der Waals surface area (Å²) in [6.45, 7) is 7.40. The third-order valence-electron chi connectivity index (χ3n) is 4.50. The van der Waals surface area contributed by atoms with Crippen LogP contribution in [0.5, 0.6) is 11.5 Å². The molecule has 0 bridgehead atoms. The zero-order valence-electron chi connectivity index (χ0n) is 18.3. The van der Waals surface area contributed by atoms with E-state index in [2.05, 4.69) is 5.32 Å². The number of sulfonamides is 1. The van der Waals surface area contributed by atoms with Gasteiger partial charge in [-0.3, -0.25) is 9.10 Å². The van der Waals surface area contributed by atoms with Crippen molar-refractivity contribution in [1.29, 1.82) is 0 Å². The Kier molecular flexibility index (Phi) is 7.72. The second kappa shape index (κ2) is 9.84. The van der Waals surface area contributed by atoms with Gasteiger partial charge in [-0.25, -0.2) is 8.42 Å². The number of hydrogen-bond acceptors (Lipinski definition) is 5. The Morgan fingerprint density at radius 3 is 2.07 bits per heavy atom. The molecule has 1 amide bonds. The number of amides is 1. The summed E-state index contributed by atoms with van der Waals surface area (Å²) in [6, 6.07) is 11.4. The molecule has 2 rings (SSSR count). The number of carbonyl (C=O) groups is 1. The molecule has 7 nitrogen and oxygen atoms in total. The highest BCUT2D eigenvalue weighted by molar-refractivity contribution is 7.92. The largest absolute Gasteiger partial charge is 0.497 e. The van der Waals surface area contributed by atoms with E-state index in [-0.39, 0.29) is 12.6 Å². The first-order valence-corrected chi connectivity index (χ1v) is 11.5. The molecule has 2 atom stereocenters. The molecule has 164 valence electrons. The number of hydrogen-bond donors (Lipinski definition) is 1. The summed E-state index contributed by atoms with van der Waals surface area (Å²) < 4.78 is 36.9. The Bertz CT molecular complexity index is 953. The maximum absolute atomic E-state index is 12.8. The van der Waals surface area contributed by atoms with Gasteiger partial charge in [0.05, 0.1) is 25.1 Å². The van der Waals surface area contributed by atoms with E-state index in [0.29, 0.717) is 11.4 Å². The summed E-state index contributed by atoms with van der Waals surface area (Å²) in [5, 5.41) is 2.83. The van der Waals surface area contributed by atoms with Gasteiger partial charge in [0.25, 0.3) is 0 Å². The summed E-state index contributed by atoms with van der Waals surface area (Å²) >= 11 is 0. The predicted octanol–water partition coefficient (Wildman–Crippen LogP) is 3.05. The highest BCUT2D eigenvalue weighted by Crippen LogP contribution is 2.24. The minimum Gasteiger partial charge on any atom is -0.497 e. The van der Waals surface area contributed by atoms with E-state index >= 15 is 0 Å². The van der Waals surface area contributed by atoms with Crippen molar-refractivity contribution in [3.8, 4) is 11.5 Å². The topological polar surface area (TPSA) is 84.9 Å². The van der Waals surface area contributed by atoms with Crippen LogP contribution in [0.3, 0.4) is 0 Å². The van der Waals surface area contributed by atoms with Crippen LogP contribution in [0.2, 0.25) is 0 Å². The second-order valence-corrected chi connectivity index (χ2v) is 9.34. The first-order valence-electron chi connectivity index (χ1n) is 9.66. The average molecular weight is 435 g/mol. The lowest BCUT2D eigenvalue weighted by Crippen LogP contribution is -2.50. The summed E-state index contributed by atoms with van der Waals surface area (Å²) in [5.74, 6) is 0.980. The van der Waals surface area contributed by atoms with Crippen molar-refractivity contribution in [3.05, 3.63) is 53.6 Å². The zero-order chi connectivity index (χ0) is 22.5. The lowest BCUT2D eigenvalue weighted by atomic mass is 10.1. The second-order valence-electron chi connectivity index (χ2n) is 7.48. The molecule has 1 N–H and O–H groups in total. The lowest BCUT2D eigenvalue weighted by Gasteiger charge is -2.29. The summed E-state index contributed by atoms with van der Waals surface area (Å²) in [4.78, 5) is 12.8. The standard InChI is InChI=1S/C22H30N2O5S/c1-15-11-16(2)13-19(12-15)24(30(6,26)27)18(4)22(25)23-17(3)14-29-21-9-7-20(28-5)8-10-21/h7-13,17-18H,14H2,1-6H3,(H,23,25)/t17-,18+/m1/s1. The van der Waals surface area contributed by atoms with Crippen molar-refractivity contribution in [2.24, 2.45) is 0 Å². The number of nitrogens with one attached hydrogen (secondary N) is 1. The van der Waals surface area contributed by atoms with Crippen LogP contribution in [-0.2, 0) is 14.8 Å². The van der Waals surface area contributed by atoms with Crippen molar-refractivity contribution in [1.82, 2.24) is 5.32 Å². The number of aryl methyl sites for hydroxylation is 2. The molecule has 0 saturated carbocycles. The molecular formula is C22H30N2O5S. The quantitative estimate of drug-likeness (QED) is 0.656. The molecule has 0 saturated heterocycles. The Morgan fingerprint density at radius 2 is 1.57 bits per heavy atom. The van der Waals surface area contributed by atoms with Gasteiger partial charge < -0.3 is 14.8 Å². The van der Waals surface area contributed by atoms with Crippen LogP contribution in [0.15, 0.2) is 42.5 Å². The fourth-order valence-electron chi connectivity index (χ4n) is 3.18. The first-order chi connectivity index (χ1) is 14.0. The van der Waals surface area contributed by atoms with Crippen LogP contribution in [0.1, 0.15) is 25.0 Å². The van der Waals surface area contributed by atoms with Crippen molar-refractivity contribution in [3.63, 3.8) is 0 Å². The maximum Gasteiger partial charge on any atom is 0.243 e. The molecule has 0 heterocycles. The maximum atomic E-state index is 12.8. The summed E-state index contributed by atoms with van der Waals surface area (Å²) in [6.07, 6.45) is 1.10. The van der Waals surface area contributed by atoms with Crippen molar-refractivity contribution in [2.75, 3.05) is 24.3 Å². The van der Waals surface area contributed by atoms with Crippen LogP contribution < -0.4 is 19.1 Å². The number of rotatable bonds is 9. The molecule has 0 aliphatic carbocycles.